The molecular formula is C16H23N3O. The predicted octanol–water partition coefficient (Wildman–Crippen LogP) is 2.62. The summed E-state index contributed by atoms with van der Waals surface area (Å²) in [5.41, 5.74) is 2.14. The van der Waals surface area contributed by atoms with Gasteiger partial charge in [-0.2, -0.15) is 0 Å². The highest BCUT2D eigenvalue weighted by atomic mass is 16.5. The third-order valence-electron chi connectivity index (χ3n) is 4.26. The Balaban J connectivity index is 1.75. The van der Waals surface area contributed by atoms with E-state index in [0.717, 1.165) is 23.9 Å². The van der Waals surface area contributed by atoms with Crippen molar-refractivity contribution in [2.24, 2.45) is 5.92 Å². The van der Waals surface area contributed by atoms with Gasteiger partial charge in [-0.3, -0.25) is 4.40 Å². The Morgan fingerprint density at radius 1 is 1.40 bits per heavy atom. The molecule has 0 aromatic carbocycles. The topological polar surface area (TPSA) is 29.8 Å². The van der Waals surface area contributed by atoms with E-state index < -0.39 is 0 Å². The number of hydrogen-bond acceptors (Lipinski definition) is 3. The molecule has 0 aliphatic carbocycles. The Labute approximate surface area is 120 Å². The summed E-state index contributed by atoms with van der Waals surface area (Å²) in [6, 6.07) is 6.64. The van der Waals surface area contributed by atoms with E-state index >= 15 is 0 Å². The maximum atomic E-state index is 5.37. The van der Waals surface area contributed by atoms with Crippen LogP contribution in [-0.2, 0) is 6.42 Å². The summed E-state index contributed by atoms with van der Waals surface area (Å²) in [4.78, 5) is 7.28. The van der Waals surface area contributed by atoms with Gasteiger partial charge in [0.15, 0.2) is 5.88 Å². The van der Waals surface area contributed by atoms with Gasteiger partial charge >= 0.3 is 0 Å². The number of likely N-dealkylation sites (tertiary alicyclic amines) is 1. The normalized spacial score (nSPS) is 20.1. The van der Waals surface area contributed by atoms with Gasteiger partial charge in [0.25, 0.3) is 0 Å². The number of rotatable bonds is 4. The zero-order valence-electron chi connectivity index (χ0n) is 12.5. The SMILES string of the molecule is COc1cccc2nc(CC3CCN(C(C)C)C3)cn12. The molecule has 1 aliphatic heterocycles. The number of hydrogen-bond donors (Lipinski definition) is 0. The van der Waals surface area contributed by atoms with Crippen LogP contribution in [0.4, 0.5) is 0 Å². The molecule has 2 aromatic heterocycles. The van der Waals surface area contributed by atoms with Crippen molar-refractivity contribution < 1.29 is 4.74 Å². The quantitative estimate of drug-likeness (QED) is 0.857. The van der Waals surface area contributed by atoms with Gasteiger partial charge in [0.05, 0.1) is 12.8 Å². The number of methoxy groups -OCH3 is 1. The average molecular weight is 273 g/mol. The molecule has 3 rings (SSSR count). The number of aromatic nitrogens is 2. The fourth-order valence-corrected chi connectivity index (χ4v) is 3.09. The molecule has 0 bridgehead atoms. The van der Waals surface area contributed by atoms with Crippen LogP contribution in [0.2, 0.25) is 0 Å². The minimum Gasteiger partial charge on any atom is -0.482 e. The van der Waals surface area contributed by atoms with Crippen molar-refractivity contribution >= 4 is 5.65 Å². The highest BCUT2D eigenvalue weighted by Crippen LogP contribution is 2.23. The summed E-state index contributed by atoms with van der Waals surface area (Å²) in [6.45, 7) is 6.97. The minimum atomic E-state index is 0.654. The van der Waals surface area contributed by atoms with Crippen molar-refractivity contribution in [2.75, 3.05) is 20.2 Å². The number of imidazole rings is 1. The Morgan fingerprint density at radius 3 is 2.95 bits per heavy atom. The molecule has 1 fully saturated rings. The third kappa shape index (κ3) is 2.52. The second kappa shape index (κ2) is 5.44. The van der Waals surface area contributed by atoms with Gasteiger partial charge in [0.2, 0.25) is 0 Å². The smallest absolute Gasteiger partial charge is 0.198 e. The molecule has 0 saturated carbocycles. The molecule has 0 amide bonds. The highest BCUT2D eigenvalue weighted by Gasteiger charge is 2.25. The van der Waals surface area contributed by atoms with Crippen LogP contribution in [0.5, 0.6) is 5.88 Å². The van der Waals surface area contributed by atoms with Gasteiger partial charge in [-0.25, -0.2) is 4.98 Å². The molecule has 1 aliphatic rings. The molecule has 0 radical (unpaired) electrons. The lowest BCUT2D eigenvalue weighted by Crippen LogP contribution is -2.28. The highest BCUT2D eigenvalue weighted by molar-refractivity contribution is 5.43. The lowest BCUT2D eigenvalue weighted by molar-refractivity contribution is 0.265. The fraction of sp³-hybridized carbons (Fsp3) is 0.562. The minimum absolute atomic E-state index is 0.654. The van der Waals surface area contributed by atoms with Crippen LogP contribution >= 0.6 is 0 Å². The zero-order valence-corrected chi connectivity index (χ0v) is 12.5. The van der Waals surface area contributed by atoms with Crippen LogP contribution in [0.1, 0.15) is 26.0 Å². The Morgan fingerprint density at radius 2 is 2.25 bits per heavy atom. The van der Waals surface area contributed by atoms with E-state index in [9.17, 15) is 0 Å². The van der Waals surface area contributed by atoms with Gasteiger partial charge in [-0.05, 0) is 51.3 Å². The molecule has 1 saturated heterocycles. The van der Waals surface area contributed by atoms with Crippen LogP contribution < -0.4 is 4.74 Å². The summed E-state index contributed by atoms with van der Waals surface area (Å²) in [5, 5.41) is 0. The molecular weight excluding hydrogens is 250 g/mol. The second-order valence-corrected chi connectivity index (χ2v) is 5.98. The molecule has 20 heavy (non-hydrogen) atoms. The molecule has 0 N–H and O–H groups in total. The number of nitrogens with zero attached hydrogens (tertiary/aromatic N) is 3. The molecule has 2 aromatic rings. The molecule has 4 heteroatoms. The zero-order chi connectivity index (χ0) is 14.1. The Kier molecular flexibility index (Phi) is 3.66. The fourth-order valence-electron chi connectivity index (χ4n) is 3.09. The number of pyridine rings is 1. The average Bonchev–Trinajstić information content (AvgIpc) is 3.04. The molecule has 4 nitrogen and oxygen atoms in total. The number of fused-ring (bicyclic) bond motifs is 1. The van der Waals surface area contributed by atoms with Crippen molar-refractivity contribution in [2.45, 2.75) is 32.7 Å². The lowest BCUT2D eigenvalue weighted by atomic mass is 10.0. The van der Waals surface area contributed by atoms with Crippen LogP contribution in [0.25, 0.3) is 5.65 Å². The van der Waals surface area contributed by atoms with Crippen molar-refractivity contribution in [3.05, 3.63) is 30.1 Å². The van der Waals surface area contributed by atoms with Crippen molar-refractivity contribution in [1.29, 1.82) is 0 Å². The summed E-state index contributed by atoms with van der Waals surface area (Å²) in [6.07, 6.45) is 4.46. The maximum absolute atomic E-state index is 5.37. The van der Waals surface area contributed by atoms with E-state index in [1.807, 2.05) is 22.6 Å². The van der Waals surface area contributed by atoms with E-state index in [1.54, 1.807) is 7.11 Å². The summed E-state index contributed by atoms with van der Waals surface area (Å²) in [5.74, 6) is 1.57. The van der Waals surface area contributed by atoms with Crippen LogP contribution in [0.3, 0.4) is 0 Å². The first-order chi connectivity index (χ1) is 9.67. The first-order valence-electron chi connectivity index (χ1n) is 7.42. The molecule has 1 atom stereocenters. The van der Waals surface area contributed by atoms with Crippen LogP contribution in [0, 0.1) is 5.92 Å². The van der Waals surface area contributed by atoms with Gasteiger partial charge in [0, 0.05) is 18.8 Å². The predicted molar refractivity (Wildman–Crippen MR) is 80.3 cm³/mol. The summed E-state index contributed by atoms with van der Waals surface area (Å²) < 4.78 is 7.41. The monoisotopic (exact) mass is 273 g/mol. The molecule has 0 spiro atoms. The molecule has 3 heterocycles. The van der Waals surface area contributed by atoms with E-state index in [-0.39, 0.29) is 0 Å². The summed E-state index contributed by atoms with van der Waals surface area (Å²) in [7, 11) is 1.70. The third-order valence-corrected chi connectivity index (χ3v) is 4.26. The summed E-state index contributed by atoms with van der Waals surface area (Å²) >= 11 is 0. The van der Waals surface area contributed by atoms with Crippen molar-refractivity contribution in [3.8, 4) is 5.88 Å². The van der Waals surface area contributed by atoms with Crippen molar-refractivity contribution in [3.63, 3.8) is 0 Å². The maximum Gasteiger partial charge on any atom is 0.198 e. The van der Waals surface area contributed by atoms with E-state index in [0.29, 0.717) is 6.04 Å². The second-order valence-electron chi connectivity index (χ2n) is 5.98. The van der Waals surface area contributed by atoms with Crippen molar-refractivity contribution in [1.82, 2.24) is 14.3 Å². The Hall–Kier alpha value is -1.55. The van der Waals surface area contributed by atoms with Gasteiger partial charge in [-0.1, -0.05) is 6.07 Å². The first kappa shape index (κ1) is 13.4. The van der Waals surface area contributed by atoms with E-state index in [4.69, 9.17) is 9.72 Å². The Bertz CT molecular complexity index is 590. The van der Waals surface area contributed by atoms with E-state index in [1.165, 1.54) is 25.2 Å². The van der Waals surface area contributed by atoms with E-state index in [2.05, 4.69) is 24.9 Å². The number of ether oxygens (including phenoxy) is 1. The van der Waals surface area contributed by atoms with Crippen LogP contribution in [-0.4, -0.2) is 40.5 Å². The lowest BCUT2D eigenvalue weighted by Gasteiger charge is -2.19. The molecule has 108 valence electrons. The molecule has 1 unspecified atom stereocenters. The standard InChI is InChI=1S/C16H23N3O/c1-12(2)18-8-7-13(10-18)9-14-11-19-15(17-14)5-4-6-16(19)20-3/h4-6,11-13H,7-10H2,1-3H3. The first-order valence-corrected chi connectivity index (χ1v) is 7.42. The largest absolute Gasteiger partial charge is 0.482 e. The van der Waals surface area contributed by atoms with Crippen LogP contribution in [0.15, 0.2) is 24.4 Å². The van der Waals surface area contributed by atoms with Gasteiger partial charge in [0.1, 0.15) is 5.65 Å². The van der Waals surface area contributed by atoms with Gasteiger partial charge in [-0.15, -0.1) is 0 Å². The van der Waals surface area contributed by atoms with Gasteiger partial charge < -0.3 is 9.64 Å².